The van der Waals surface area contributed by atoms with Crippen molar-refractivity contribution in [2.75, 3.05) is 32.8 Å². The van der Waals surface area contributed by atoms with Crippen molar-refractivity contribution in [3.8, 4) is 0 Å². The van der Waals surface area contributed by atoms with E-state index < -0.39 is 0 Å². The lowest BCUT2D eigenvalue weighted by Gasteiger charge is -2.34. The van der Waals surface area contributed by atoms with E-state index in [0.29, 0.717) is 6.54 Å². The fourth-order valence-corrected chi connectivity index (χ4v) is 4.07. The molecule has 0 radical (unpaired) electrons. The Labute approximate surface area is 159 Å². The van der Waals surface area contributed by atoms with Gasteiger partial charge in [0.15, 0.2) is 0 Å². The maximum Gasteiger partial charge on any atom is 0.244 e. The third-order valence-corrected chi connectivity index (χ3v) is 5.64. The van der Waals surface area contributed by atoms with Gasteiger partial charge in [-0.2, -0.15) is 0 Å². The van der Waals surface area contributed by atoms with Gasteiger partial charge in [0.05, 0.1) is 19.3 Å². The molecule has 1 atom stereocenters. The van der Waals surface area contributed by atoms with Crippen LogP contribution in [0.1, 0.15) is 27.6 Å². The van der Waals surface area contributed by atoms with Crippen molar-refractivity contribution < 1.29 is 9.53 Å². The van der Waals surface area contributed by atoms with Crippen LogP contribution >= 0.6 is 11.3 Å². The van der Waals surface area contributed by atoms with Crippen LogP contribution in [0.15, 0.2) is 41.8 Å². The molecule has 1 fully saturated rings. The number of carbonyl (C=O) groups excluding carboxylic acids is 1. The lowest BCUT2D eigenvalue weighted by atomic mass is 10.1. The largest absolute Gasteiger partial charge is 0.379 e. The highest BCUT2D eigenvalue weighted by molar-refractivity contribution is 7.10. The third-order valence-electron chi connectivity index (χ3n) is 4.67. The minimum absolute atomic E-state index is 0.0557. The van der Waals surface area contributed by atoms with Crippen molar-refractivity contribution in [3.05, 3.63) is 63.4 Å². The van der Waals surface area contributed by atoms with E-state index >= 15 is 0 Å². The Morgan fingerprint density at radius 1 is 1.31 bits per heavy atom. The van der Waals surface area contributed by atoms with Gasteiger partial charge in [-0.25, -0.2) is 0 Å². The van der Waals surface area contributed by atoms with E-state index in [4.69, 9.17) is 4.74 Å². The van der Waals surface area contributed by atoms with Gasteiger partial charge in [-0.3, -0.25) is 9.69 Å². The summed E-state index contributed by atoms with van der Waals surface area (Å²) in [5, 5.41) is 5.16. The molecule has 26 heavy (non-hydrogen) atoms. The van der Waals surface area contributed by atoms with Crippen molar-refractivity contribution in [3.63, 3.8) is 0 Å². The first-order valence-electron chi connectivity index (χ1n) is 9.02. The molecule has 4 nitrogen and oxygen atoms in total. The number of aryl methyl sites for hydroxylation is 2. The topological polar surface area (TPSA) is 41.6 Å². The van der Waals surface area contributed by atoms with E-state index in [9.17, 15) is 4.79 Å². The zero-order chi connectivity index (χ0) is 18.4. The van der Waals surface area contributed by atoms with Gasteiger partial charge < -0.3 is 10.1 Å². The molecule has 1 aromatic heterocycles. The van der Waals surface area contributed by atoms with Crippen molar-refractivity contribution in [2.45, 2.75) is 19.9 Å². The highest BCUT2D eigenvalue weighted by Gasteiger charge is 2.23. The summed E-state index contributed by atoms with van der Waals surface area (Å²) in [7, 11) is 0. The van der Waals surface area contributed by atoms with E-state index in [2.05, 4.69) is 59.8 Å². The van der Waals surface area contributed by atoms with E-state index in [1.165, 1.54) is 16.0 Å². The van der Waals surface area contributed by atoms with Crippen LogP contribution in [0, 0.1) is 13.8 Å². The summed E-state index contributed by atoms with van der Waals surface area (Å²) in [6, 6.07) is 10.7. The fourth-order valence-electron chi connectivity index (χ4n) is 3.21. The summed E-state index contributed by atoms with van der Waals surface area (Å²) in [5.74, 6) is -0.0557. The van der Waals surface area contributed by atoms with Gasteiger partial charge in [-0.05, 0) is 42.5 Å². The standard InChI is InChI=1S/C21H26N2O2S/c1-16-5-6-18(17(2)14-16)7-8-21(24)22-15-19(20-4-3-13-26-20)23-9-11-25-12-10-23/h3-8,13-14,19H,9-12,15H2,1-2H3,(H,22,24)/b8-7+. The zero-order valence-electron chi connectivity index (χ0n) is 15.4. The number of amides is 1. The van der Waals surface area contributed by atoms with Crippen LogP contribution in [0.4, 0.5) is 0 Å². The van der Waals surface area contributed by atoms with Crippen LogP contribution < -0.4 is 5.32 Å². The number of benzene rings is 1. The second-order valence-electron chi connectivity index (χ2n) is 6.62. The Bertz CT molecular complexity index is 749. The number of hydrogen-bond acceptors (Lipinski definition) is 4. The number of nitrogens with one attached hydrogen (secondary N) is 1. The van der Waals surface area contributed by atoms with Crippen molar-refractivity contribution in [2.24, 2.45) is 0 Å². The summed E-state index contributed by atoms with van der Waals surface area (Å²) < 4.78 is 5.46. The lowest BCUT2D eigenvalue weighted by molar-refractivity contribution is -0.116. The molecular formula is C21H26N2O2S. The molecular weight excluding hydrogens is 344 g/mol. The molecule has 0 aliphatic carbocycles. The summed E-state index contributed by atoms with van der Waals surface area (Å²) in [5.41, 5.74) is 3.49. The predicted octanol–water partition coefficient (Wildman–Crippen LogP) is 3.57. The maximum atomic E-state index is 12.3. The van der Waals surface area contributed by atoms with Crippen molar-refractivity contribution in [1.29, 1.82) is 0 Å². The fraction of sp³-hybridized carbons (Fsp3) is 0.381. The maximum absolute atomic E-state index is 12.3. The van der Waals surface area contributed by atoms with Gasteiger partial charge in [0.25, 0.3) is 0 Å². The molecule has 0 bridgehead atoms. The minimum Gasteiger partial charge on any atom is -0.379 e. The average Bonchev–Trinajstić information content (AvgIpc) is 3.16. The van der Waals surface area contributed by atoms with Crippen LogP contribution in [-0.2, 0) is 9.53 Å². The Morgan fingerprint density at radius 2 is 2.12 bits per heavy atom. The van der Waals surface area contributed by atoms with Gasteiger partial charge in [0, 0.05) is 30.6 Å². The number of nitrogens with zero attached hydrogens (tertiary/aromatic N) is 1. The van der Waals surface area contributed by atoms with Crippen LogP contribution in [0.5, 0.6) is 0 Å². The molecule has 138 valence electrons. The number of rotatable bonds is 6. The molecule has 1 aliphatic rings. The number of carbonyl (C=O) groups is 1. The quantitative estimate of drug-likeness (QED) is 0.791. The van der Waals surface area contributed by atoms with Gasteiger partial charge in [0.1, 0.15) is 0 Å². The second-order valence-corrected chi connectivity index (χ2v) is 7.60. The van der Waals surface area contributed by atoms with Gasteiger partial charge in [-0.1, -0.05) is 29.8 Å². The first-order valence-corrected chi connectivity index (χ1v) is 9.90. The normalized spacial score (nSPS) is 16.7. The molecule has 1 aromatic carbocycles. The van der Waals surface area contributed by atoms with Crippen LogP contribution in [0.25, 0.3) is 6.08 Å². The molecule has 1 unspecified atom stereocenters. The number of hydrogen-bond donors (Lipinski definition) is 1. The van der Waals surface area contributed by atoms with E-state index in [1.807, 2.05) is 6.08 Å². The van der Waals surface area contributed by atoms with E-state index in [0.717, 1.165) is 31.9 Å². The molecule has 1 saturated heterocycles. The molecule has 1 amide bonds. The summed E-state index contributed by atoms with van der Waals surface area (Å²) in [4.78, 5) is 16.0. The monoisotopic (exact) mass is 370 g/mol. The summed E-state index contributed by atoms with van der Waals surface area (Å²) in [6.45, 7) is 8.05. The second kappa shape index (κ2) is 9.12. The Hall–Kier alpha value is -1.95. The smallest absolute Gasteiger partial charge is 0.244 e. The summed E-state index contributed by atoms with van der Waals surface area (Å²) >= 11 is 1.74. The van der Waals surface area contributed by atoms with Gasteiger partial charge in [-0.15, -0.1) is 11.3 Å². The van der Waals surface area contributed by atoms with Crippen molar-refractivity contribution >= 4 is 23.3 Å². The molecule has 2 heterocycles. The Morgan fingerprint density at radius 3 is 2.81 bits per heavy atom. The molecule has 2 aromatic rings. The lowest BCUT2D eigenvalue weighted by Crippen LogP contribution is -2.43. The Balaban J connectivity index is 1.61. The first kappa shape index (κ1) is 18.8. The van der Waals surface area contributed by atoms with E-state index in [1.54, 1.807) is 17.4 Å². The highest BCUT2D eigenvalue weighted by atomic mass is 32.1. The van der Waals surface area contributed by atoms with Crippen LogP contribution in [0.2, 0.25) is 0 Å². The molecule has 3 rings (SSSR count). The van der Waals surface area contributed by atoms with Crippen LogP contribution in [-0.4, -0.2) is 43.7 Å². The number of morpholine rings is 1. The number of ether oxygens (including phenoxy) is 1. The molecule has 5 heteroatoms. The van der Waals surface area contributed by atoms with Crippen LogP contribution in [0.3, 0.4) is 0 Å². The molecule has 0 saturated carbocycles. The minimum atomic E-state index is -0.0557. The average molecular weight is 371 g/mol. The highest BCUT2D eigenvalue weighted by Crippen LogP contribution is 2.25. The molecule has 1 N–H and O–H groups in total. The van der Waals surface area contributed by atoms with Gasteiger partial charge in [0.2, 0.25) is 5.91 Å². The SMILES string of the molecule is Cc1ccc(/C=C/C(=O)NCC(c2cccs2)N2CCOCC2)c(C)c1. The van der Waals surface area contributed by atoms with Gasteiger partial charge >= 0.3 is 0 Å². The molecule has 1 aliphatic heterocycles. The first-order chi connectivity index (χ1) is 12.6. The third kappa shape index (κ3) is 5.04. The summed E-state index contributed by atoms with van der Waals surface area (Å²) in [6.07, 6.45) is 3.52. The number of thiophene rings is 1. The zero-order valence-corrected chi connectivity index (χ0v) is 16.2. The Kier molecular flexibility index (Phi) is 6.61. The molecule has 0 spiro atoms. The van der Waals surface area contributed by atoms with E-state index in [-0.39, 0.29) is 11.9 Å². The van der Waals surface area contributed by atoms with Crippen molar-refractivity contribution in [1.82, 2.24) is 10.2 Å². The predicted molar refractivity (Wildman–Crippen MR) is 107 cm³/mol.